The fraction of sp³-hybridized carbons (Fsp3) is 0.207. The van der Waals surface area contributed by atoms with Gasteiger partial charge in [0.05, 0.1) is 32.4 Å². The predicted molar refractivity (Wildman–Crippen MR) is 173 cm³/mol. The van der Waals surface area contributed by atoms with Gasteiger partial charge in [0.15, 0.2) is 0 Å². The van der Waals surface area contributed by atoms with E-state index < -0.39 is 12.5 Å². The van der Waals surface area contributed by atoms with Gasteiger partial charge in [0.1, 0.15) is 16.6 Å². The van der Waals surface area contributed by atoms with E-state index >= 15 is 0 Å². The first-order valence-corrected chi connectivity index (χ1v) is 16.0. The highest BCUT2D eigenvalue weighted by Crippen LogP contribution is 2.48. The largest absolute Gasteiger partial charge is 0.497 e. The Kier molecular flexibility index (Phi) is 6.90. The number of aromatic nitrogens is 1. The second-order valence-corrected chi connectivity index (χ2v) is 15.1. The van der Waals surface area contributed by atoms with E-state index in [2.05, 4.69) is 55.7 Å². The van der Waals surface area contributed by atoms with Crippen LogP contribution in [0.1, 0.15) is 25.6 Å². The van der Waals surface area contributed by atoms with Crippen LogP contribution in [0.2, 0.25) is 0 Å². The number of aliphatic carboxylic acids is 1. The molecule has 1 amide bonds. The topological polar surface area (TPSA) is 71.8 Å². The van der Waals surface area contributed by atoms with Gasteiger partial charge in [-0.25, -0.2) is 0 Å². The highest BCUT2D eigenvalue weighted by atomic mass is 32.2. The van der Waals surface area contributed by atoms with Gasteiger partial charge in [-0.05, 0) is 80.9 Å². The molecule has 1 aliphatic rings. The van der Waals surface area contributed by atoms with Crippen LogP contribution >= 0.6 is 58.0 Å². The molecule has 0 spiro atoms. The standard InChI is InChI=1S/C29H24N2O4S5/c1-29(2,3)31-18-12-21(15-5-7-16(35-4)8-6-15)38-25(18)26-19(31)13-22(39-26)20-10-9-17(37-20)11-23-27(34)30(14-24(32)33)28(36)40-23/h5-13H,14H2,1-4H3,(H,32,33)/b23-11-. The number of hydrogen-bond donors (Lipinski definition) is 1. The smallest absolute Gasteiger partial charge is 0.323 e. The molecule has 5 heterocycles. The second kappa shape index (κ2) is 10.1. The number of carboxylic acids is 1. The highest BCUT2D eigenvalue weighted by molar-refractivity contribution is 8.26. The number of methoxy groups -OCH3 is 1. The zero-order valence-electron chi connectivity index (χ0n) is 22.0. The van der Waals surface area contributed by atoms with E-state index in [1.807, 2.05) is 29.5 Å². The van der Waals surface area contributed by atoms with Crippen LogP contribution in [0, 0.1) is 0 Å². The monoisotopic (exact) mass is 624 g/mol. The van der Waals surface area contributed by atoms with Crippen LogP contribution in [0.4, 0.5) is 0 Å². The Morgan fingerprint density at radius 1 is 0.975 bits per heavy atom. The molecule has 1 fully saturated rings. The van der Waals surface area contributed by atoms with E-state index in [9.17, 15) is 9.59 Å². The molecule has 1 saturated heterocycles. The fourth-order valence-electron chi connectivity index (χ4n) is 4.76. The molecule has 204 valence electrons. The van der Waals surface area contributed by atoms with Gasteiger partial charge in [-0.3, -0.25) is 14.5 Å². The number of carbonyl (C=O) groups excluding carboxylic acids is 1. The van der Waals surface area contributed by atoms with E-state index in [-0.39, 0.29) is 15.8 Å². The molecule has 0 unspecified atom stereocenters. The van der Waals surface area contributed by atoms with Gasteiger partial charge < -0.3 is 14.4 Å². The molecule has 0 saturated carbocycles. The summed E-state index contributed by atoms with van der Waals surface area (Å²) in [6.07, 6.45) is 1.80. The van der Waals surface area contributed by atoms with Crippen molar-refractivity contribution in [3.63, 3.8) is 0 Å². The summed E-state index contributed by atoms with van der Waals surface area (Å²) >= 11 is 11.6. The Hall–Kier alpha value is -2.96. The van der Waals surface area contributed by atoms with E-state index in [1.54, 1.807) is 35.9 Å². The Balaban J connectivity index is 1.37. The Morgan fingerprint density at radius 3 is 2.25 bits per heavy atom. The van der Waals surface area contributed by atoms with Crippen LogP contribution in [0.5, 0.6) is 5.75 Å². The van der Waals surface area contributed by atoms with E-state index in [4.69, 9.17) is 22.1 Å². The molecule has 1 aromatic carbocycles. The maximum Gasteiger partial charge on any atom is 0.323 e. The van der Waals surface area contributed by atoms with Crippen molar-refractivity contribution in [3.8, 4) is 25.9 Å². The number of amides is 1. The van der Waals surface area contributed by atoms with E-state index in [1.165, 1.54) is 35.8 Å². The third kappa shape index (κ3) is 4.79. The van der Waals surface area contributed by atoms with Crippen LogP contribution in [0.15, 0.2) is 53.4 Å². The lowest BCUT2D eigenvalue weighted by molar-refractivity contribution is -0.140. The second-order valence-electron chi connectivity index (χ2n) is 10.2. The summed E-state index contributed by atoms with van der Waals surface area (Å²) < 4.78 is 10.6. The first kappa shape index (κ1) is 27.2. The normalized spacial score (nSPS) is 15.3. The number of benzene rings is 1. The lowest BCUT2D eigenvalue weighted by atomic mass is 10.1. The third-order valence-electron chi connectivity index (χ3n) is 6.47. The minimum atomic E-state index is -1.09. The summed E-state index contributed by atoms with van der Waals surface area (Å²) in [7, 11) is 1.68. The summed E-state index contributed by atoms with van der Waals surface area (Å²) in [6.45, 7) is 6.28. The number of fused-ring (bicyclic) bond motifs is 3. The van der Waals surface area contributed by atoms with E-state index in [0.29, 0.717) is 4.91 Å². The number of thiophene rings is 3. The molecule has 0 aliphatic carbocycles. The molecule has 1 aliphatic heterocycles. The quantitative estimate of drug-likeness (QED) is 0.151. The van der Waals surface area contributed by atoms with Gasteiger partial charge in [0.2, 0.25) is 0 Å². The zero-order valence-corrected chi connectivity index (χ0v) is 26.1. The highest BCUT2D eigenvalue weighted by Gasteiger charge is 2.33. The summed E-state index contributed by atoms with van der Waals surface area (Å²) in [5.41, 5.74) is 3.53. The molecule has 0 atom stereocenters. The Morgan fingerprint density at radius 2 is 1.62 bits per heavy atom. The van der Waals surface area contributed by atoms with Crippen molar-refractivity contribution in [2.75, 3.05) is 13.7 Å². The number of carbonyl (C=O) groups is 2. The molecule has 40 heavy (non-hydrogen) atoms. The van der Waals surface area contributed by atoms with Crippen molar-refractivity contribution >= 4 is 101 Å². The molecule has 6 nitrogen and oxygen atoms in total. The fourth-order valence-corrected chi connectivity index (χ4v) is 9.55. The summed E-state index contributed by atoms with van der Waals surface area (Å²) in [6, 6.07) is 16.8. The maximum atomic E-state index is 12.7. The SMILES string of the molecule is COc1ccc(-c2cc3c(s2)c2sc(-c4ccc(/C=C5\SC(=S)N(CC(=O)O)C5=O)s4)cc2n3C(C)(C)C)cc1. The molecule has 1 N–H and O–H groups in total. The van der Waals surface area contributed by atoms with Gasteiger partial charge in [0, 0.05) is 25.0 Å². The molecule has 4 aromatic heterocycles. The van der Waals surface area contributed by atoms with Gasteiger partial charge in [-0.15, -0.1) is 34.0 Å². The lowest BCUT2D eigenvalue weighted by Gasteiger charge is -2.23. The van der Waals surface area contributed by atoms with Crippen molar-refractivity contribution in [2.45, 2.75) is 26.3 Å². The van der Waals surface area contributed by atoms with E-state index in [0.717, 1.165) is 32.2 Å². The maximum absolute atomic E-state index is 12.7. The lowest BCUT2D eigenvalue weighted by Crippen LogP contribution is -2.33. The molecular weight excluding hydrogens is 601 g/mol. The number of carboxylic acid groups (broad SMARTS) is 1. The summed E-state index contributed by atoms with van der Waals surface area (Å²) in [5.74, 6) is -0.603. The van der Waals surface area contributed by atoms with Crippen molar-refractivity contribution in [3.05, 3.63) is 58.3 Å². The number of hydrogen-bond acceptors (Lipinski definition) is 8. The zero-order chi connectivity index (χ0) is 28.3. The van der Waals surface area contributed by atoms with Gasteiger partial charge in [-0.1, -0.05) is 24.0 Å². The molecular formula is C29H24N2O4S5. The summed E-state index contributed by atoms with van der Waals surface area (Å²) in [5, 5.41) is 9.09. The van der Waals surface area contributed by atoms with Gasteiger partial charge in [-0.2, -0.15) is 0 Å². The third-order valence-corrected chi connectivity index (χ3v) is 11.5. The predicted octanol–water partition coefficient (Wildman–Crippen LogP) is 8.36. The minimum Gasteiger partial charge on any atom is -0.497 e. The number of thiocarbonyl (C=S) groups is 1. The summed E-state index contributed by atoms with van der Waals surface area (Å²) in [4.78, 5) is 29.8. The number of thioether (sulfide) groups is 1. The number of ether oxygens (including phenoxy) is 1. The van der Waals surface area contributed by atoms with Crippen molar-refractivity contribution in [1.29, 1.82) is 0 Å². The Labute approximate surface area is 252 Å². The van der Waals surface area contributed by atoms with Crippen LogP contribution in [0.25, 0.3) is 46.7 Å². The molecule has 6 rings (SSSR count). The Bertz CT molecular complexity index is 1850. The number of nitrogens with zero attached hydrogens (tertiary/aromatic N) is 2. The first-order chi connectivity index (χ1) is 19.0. The molecule has 0 radical (unpaired) electrons. The van der Waals surface area contributed by atoms with Gasteiger partial charge >= 0.3 is 5.97 Å². The van der Waals surface area contributed by atoms with Crippen LogP contribution in [-0.2, 0) is 15.1 Å². The average Bonchev–Trinajstić information content (AvgIpc) is 3.69. The molecule has 11 heteroatoms. The molecule has 5 aromatic rings. The molecule has 0 bridgehead atoms. The van der Waals surface area contributed by atoms with Crippen LogP contribution in [-0.4, -0.2) is 44.4 Å². The van der Waals surface area contributed by atoms with Gasteiger partial charge in [0.25, 0.3) is 5.91 Å². The number of rotatable bonds is 6. The van der Waals surface area contributed by atoms with Crippen molar-refractivity contribution < 1.29 is 19.4 Å². The van der Waals surface area contributed by atoms with Crippen LogP contribution < -0.4 is 4.74 Å². The average molecular weight is 625 g/mol. The minimum absolute atomic E-state index is 0.109. The van der Waals surface area contributed by atoms with Crippen molar-refractivity contribution in [2.24, 2.45) is 0 Å². The first-order valence-electron chi connectivity index (χ1n) is 12.3. The van der Waals surface area contributed by atoms with Crippen molar-refractivity contribution in [1.82, 2.24) is 9.47 Å². The van der Waals surface area contributed by atoms with Crippen LogP contribution in [0.3, 0.4) is 0 Å².